The second-order valence-corrected chi connectivity index (χ2v) is 29.6. The molecule has 0 radical (unpaired) electrons. The zero-order chi connectivity index (χ0) is 66.0. The zero-order valence-corrected chi connectivity index (χ0v) is 55.9. The van der Waals surface area contributed by atoms with E-state index in [9.17, 15) is 4.79 Å². The molecule has 1 unspecified atom stereocenters. The van der Waals surface area contributed by atoms with E-state index in [0.717, 1.165) is 32.5 Å². The Bertz CT molecular complexity index is 7830. The van der Waals surface area contributed by atoms with Crippen LogP contribution in [0.1, 0.15) is 10.4 Å². The van der Waals surface area contributed by atoms with E-state index in [2.05, 4.69) is 289 Å². The summed E-state index contributed by atoms with van der Waals surface area (Å²) in [5.41, 5.74) is 0.854. The predicted octanol–water partition coefficient (Wildman–Crippen LogP) is 27.9. The van der Waals surface area contributed by atoms with Crippen molar-refractivity contribution in [1.82, 2.24) is 0 Å². The van der Waals surface area contributed by atoms with Gasteiger partial charge in [0.15, 0.2) is 0 Å². The van der Waals surface area contributed by atoms with Crippen molar-refractivity contribution in [3.8, 4) is 5.75 Å². The quantitative estimate of drug-likeness (QED) is 0.0763. The second-order valence-electron chi connectivity index (χ2n) is 28.7. The van der Waals surface area contributed by atoms with Gasteiger partial charge in [-0.15, -0.1) is 0 Å². The van der Waals surface area contributed by atoms with Crippen LogP contribution in [0.3, 0.4) is 0 Å². The van der Waals surface area contributed by atoms with Crippen molar-refractivity contribution >= 4 is 248 Å². The number of fused-ring (bicyclic) bond motifs is 21. The molecular weight excluding hydrogens is 1290 g/mol. The van der Waals surface area contributed by atoms with Crippen molar-refractivity contribution in [2.24, 2.45) is 0 Å². The first-order valence-corrected chi connectivity index (χ1v) is 35.6. The number of halogens is 1. The molecule has 23 rings (SSSR count). The van der Waals surface area contributed by atoms with Gasteiger partial charge >= 0.3 is 5.97 Å². The van der Waals surface area contributed by atoms with Crippen molar-refractivity contribution in [3.63, 3.8) is 0 Å². The average molecular weight is 1340 g/mol. The van der Waals surface area contributed by atoms with Crippen LogP contribution in [0.4, 0.5) is 0 Å². The summed E-state index contributed by atoms with van der Waals surface area (Å²) in [7, 11) is 0. The molecule has 0 bridgehead atoms. The average Bonchev–Trinajstić information content (AvgIpc) is 0.765. The van der Waals surface area contributed by atoms with Gasteiger partial charge in [0, 0.05) is 5.39 Å². The summed E-state index contributed by atoms with van der Waals surface area (Å²) in [6.45, 7) is 0. The van der Waals surface area contributed by atoms with Crippen LogP contribution in [0.2, 0.25) is 0 Å². The van der Waals surface area contributed by atoms with E-state index in [1.807, 2.05) is 42.5 Å². The standard InChI is InChI=1S/C98H53BrO2/c99-97(53-7-2-1-3-8-53)98(100)101-96-12-6-11-56-15-59-18-62-21-65-24-68-27-71-30-74-33-77-36-80-39-83-42-84-40-81-37-78-34-75-31-72-28-69-25-66-22-63-19-60-16-57-13-54-9-4-5-10-55(54)14-58(57)17-61(60)20-64(63)23-67(66)26-70(69)29-73(72)32-76(75)35-79(78)38-82(81)41-85(84)43-86(83)44-87(80)45-88(77)46-89(74)47-90(71)48-91(68)49-92(65)50-93(62)51-94(59)52-95(56)96/h1-52,97H. The molecule has 0 spiro atoms. The zero-order valence-electron chi connectivity index (χ0n) is 54.3. The van der Waals surface area contributed by atoms with E-state index in [1.165, 1.54) is 199 Å². The van der Waals surface area contributed by atoms with E-state index < -0.39 is 4.83 Å². The van der Waals surface area contributed by atoms with Gasteiger partial charge in [-0.25, -0.2) is 0 Å². The molecule has 464 valence electrons. The topological polar surface area (TPSA) is 26.3 Å². The Morgan fingerprint density at radius 2 is 0.356 bits per heavy atom. The number of benzene rings is 23. The Hall–Kier alpha value is -12.5. The van der Waals surface area contributed by atoms with Crippen molar-refractivity contribution in [3.05, 3.63) is 321 Å². The Labute approximate surface area is 585 Å². The Morgan fingerprint density at radius 3 is 0.574 bits per heavy atom. The third-order valence-corrected chi connectivity index (χ3v) is 23.3. The first-order valence-electron chi connectivity index (χ1n) is 34.7. The van der Waals surface area contributed by atoms with E-state index in [4.69, 9.17) is 4.74 Å². The maximum absolute atomic E-state index is 13.4. The first-order chi connectivity index (χ1) is 49.6. The molecule has 0 aliphatic rings. The molecule has 3 heteroatoms. The normalized spacial score (nSPS) is 12.8. The summed E-state index contributed by atoms with van der Waals surface area (Å²) in [6, 6.07) is 119. The Kier molecular flexibility index (Phi) is 11.3. The van der Waals surface area contributed by atoms with Gasteiger partial charge in [0.1, 0.15) is 10.6 Å². The molecular formula is C98H53BrO2. The van der Waals surface area contributed by atoms with Gasteiger partial charge in [-0.05, 0) is 475 Å². The van der Waals surface area contributed by atoms with Crippen LogP contribution in [-0.2, 0) is 4.79 Å². The maximum Gasteiger partial charge on any atom is 0.329 e. The van der Waals surface area contributed by atoms with Gasteiger partial charge in [0.05, 0.1) is 0 Å². The molecule has 0 aliphatic carbocycles. The first kappa shape index (κ1) is 55.5. The molecule has 0 amide bonds. The maximum atomic E-state index is 13.4. The molecule has 0 aliphatic heterocycles. The van der Waals surface area contributed by atoms with Gasteiger partial charge < -0.3 is 4.74 Å². The third kappa shape index (κ3) is 8.87. The molecule has 2 nitrogen and oxygen atoms in total. The predicted molar refractivity (Wildman–Crippen MR) is 438 cm³/mol. The second kappa shape index (κ2) is 20.5. The van der Waals surface area contributed by atoms with E-state index in [-0.39, 0.29) is 5.97 Å². The highest BCUT2D eigenvalue weighted by Gasteiger charge is 2.21. The molecule has 0 aromatic heterocycles. The third-order valence-electron chi connectivity index (χ3n) is 22.4. The number of carbonyl (C=O) groups is 1. The van der Waals surface area contributed by atoms with E-state index in [1.54, 1.807) is 0 Å². The molecule has 0 heterocycles. The lowest BCUT2D eigenvalue weighted by Crippen LogP contribution is -2.14. The van der Waals surface area contributed by atoms with Crippen molar-refractivity contribution in [1.29, 1.82) is 0 Å². The van der Waals surface area contributed by atoms with Crippen LogP contribution in [0.25, 0.3) is 226 Å². The van der Waals surface area contributed by atoms with Crippen LogP contribution in [0.5, 0.6) is 5.75 Å². The summed E-state index contributed by atoms with van der Waals surface area (Å²) in [5, 5.41) is 51.5. The minimum atomic E-state index is -0.570. The molecule has 0 fully saturated rings. The number of carbonyl (C=O) groups excluding carboxylic acids is 1. The largest absolute Gasteiger partial charge is 0.425 e. The molecule has 0 saturated carbocycles. The Morgan fingerprint density at radius 1 is 0.188 bits per heavy atom. The van der Waals surface area contributed by atoms with Crippen LogP contribution >= 0.6 is 15.9 Å². The lowest BCUT2D eigenvalue weighted by molar-refractivity contribution is -0.133. The molecule has 23 aromatic carbocycles. The lowest BCUT2D eigenvalue weighted by atomic mass is 9.92. The SMILES string of the molecule is O=C(Oc1cccc2cc3cc4cc5cc6cc7cc8cc9cc%10cc%11cc%12cc%13cc%14cc%15cc%16cc%17cc%18cc%19cc%20cc%21cc%22ccccc%22cc%21cc%20cc%19cc%18cc%17cc%16cc%15cc%14cc%13cc%12cc%11cc%10cc9cc8cc7cc6cc5cc4cc3cc12)C(Br)c1ccccc1. The van der Waals surface area contributed by atoms with Crippen molar-refractivity contribution in [2.45, 2.75) is 4.83 Å². The molecule has 0 saturated heterocycles. The molecule has 1 atom stereocenters. The minimum absolute atomic E-state index is 0.350. The fourth-order valence-corrected chi connectivity index (χ4v) is 17.6. The number of ether oxygens (including phenoxy) is 1. The summed E-state index contributed by atoms with van der Waals surface area (Å²) >= 11 is 3.57. The number of hydrogen-bond donors (Lipinski definition) is 0. The van der Waals surface area contributed by atoms with Gasteiger partial charge in [-0.2, -0.15) is 0 Å². The van der Waals surface area contributed by atoms with E-state index in [0.29, 0.717) is 5.75 Å². The highest BCUT2D eigenvalue weighted by molar-refractivity contribution is 9.09. The Balaban J connectivity index is 0.560. The minimum Gasteiger partial charge on any atom is -0.425 e. The summed E-state index contributed by atoms with van der Waals surface area (Å²) in [5.74, 6) is 0.200. The highest BCUT2D eigenvalue weighted by Crippen LogP contribution is 2.42. The van der Waals surface area contributed by atoms with Gasteiger partial charge in [0.25, 0.3) is 0 Å². The molecule has 0 N–H and O–H groups in total. The number of rotatable bonds is 3. The van der Waals surface area contributed by atoms with Crippen LogP contribution < -0.4 is 4.74 Å². The summed E-state index contributed by atoms with van der Waals surface area (Å²) in [4.78, 5) is 12.8. The fourth-order valence-electron chi connectivity index (χ4n) is 17.2. The molecule has 23 aromatic rings. The van der Waals surface area contributed by atoms with E-state index >= 15 is 0 Å². The van der Waals surface area contributed by atoms with Gasteiger partial charge in [0.2, 0.25) is 0 Å². The van der Waals surface area contributed by atoms with Crippen LogP contribution in [0.15, 0.2) is 315 Å². The summed E-state index contributed by atoms with van der Waals surface area (Å²) < 4.78 is 6.06. The van der Waals surface area contributed by atoms with Gasteiger partial charge in [-0.3, -0.25) is 4.79 Å². The van der Waals surface area contributed by atoms with Crippen molar-refractivity contribution in [2.75, 3.05) is 0 Å². The number of esters is 1. The van der Waals surface area contributed by atoms with Crippen molar-refractivity contribution < 1.29 is 9.53 Å². The smallest absolute Gasteiger partial charge is 0.329 e. The number of hydrogen-bond acceptors (Lipinski definition) is 2. The highest BCUT2D eigenvalue weighted by atomic mass is 79.9. The lowest BCUT2D eigenvalue weighted by Gasteiger charge is -2.13. The van der Waals surface area contributed by atoms with Gasteiger partial charge in [-0.1, -0.05) is 82.7 Å². The molecule has 101 heavy (non-hydrogen) atoms. The van der Waals surface area contributed by atoms with Crippen LogP contribution in [0, 0.1) is 0 Å². The van der Waals surface area contributed by atoms with Crippen LogP contribution in [-0.4, -0.2) is 5.97 Å². The number of alkyl halides is 1. The monoisotopic (exact) mass is 1340 g/mol. The fraction of sp³-hybridized carbons (Fsp3) is 0.0102. The summed E-state index contributed by atoms with van der Waals surface area (Å²) in [6.07, 6.45) is 0.